The van der Waals surface area contributed by atoms with Gasteiger partial charge in [0.15, 0.2) is 0 Å². The minimum Gasteiger partial charge on any atom is -0.508 e. The summed E-state index contributed by atoms with van der Waals surface area (Å²) in [6, 6.07) is 53.0. The van der Waals surface area contributed by atoms with E-state index in [1.54, 1.807) is 12.1 Å². The zero-order valence-corrected chi connectivity index (χ0v) is 47.2. The van der Waals surface area contributed by atoms with Gasteiger partial charge in [0, 0.05) is 123 Å². The van der Waals surface area contributed by atoms with E-state index in [1.165, 1.54) is 38.0 Å². The average Bonchev–Trinajstić information content (AvgIpc) is 3.97. The van der Waals surface area contributed by atoms with Gasteiger partial charge in [0.1, 0.15) is 23.9 Å². The predicted molar refractivity (Wildman–Crippen MR) is 304 cm³/mol. The van der Waals surface area contributed by atoms with Gasteiger partial charge in [-0.3, -0.25) is 0 Å². The Labute approximate surface area is 433 Å². The van der Waals surface area contributed by atoms with Gasteiger partial charge in [-0.05, 0) is 60.2 Å². The number of hydrogen-bond donors (Lipinski definition) is 5. The summed E-state index contributed by atoms with van der Waals surface area (Å²) in [5, 5.41) is 20.9. The molecular formula is C47H42BrI6N4O3-. The van der Waals surface area contributed by atoms with E-state index >= 15 is 0 Å². The number of ether oxygens (including phenoxy) is 2. The summed E-state index contributed by atoms with van der Waals surface area (Å²) < 4.78 is 11.5. The molecule has 10 aromatic rings. The Morgan fingerprint density at radius 1 is 0.508 bits per heavy atom. The second kappa shape index (κ2) is 26.8. The van der Waals surface area contributed by atoms with Crippen LogP contribution in [0.3, 0.4) is 0 Å². The molecule has 7 aromatic carbocycles. The summed E-state index contributed by atoms with van der Waals surface area (Å²) in [4.78, 5) is 10.1. The summed E-state index contributed by atoms with van der Waals surface area (Å²) in [5.74, 6) is 2.10. The van der Waals surface area contributed by atoms with E-state index in [4.69, 9.17) is 9.47 Å². The molecule has 0 fully saturated rings. The van der Waals surface area contributed by atoms with Crippen LogP contribution in [0.4, 0.5) is 0 Å². The maximum atomic E-state index is 9.34. The standard InChI is InChI=1S/C21H20N2O.C14H12BrNO.C12H9NO.I3.I2.HI/c1-2-6-16(7-3-1)15-22-12-13-24-17-10-11-19-18-8-4-5-9-20(18)23-21(19)14-17;15-7-8-17-10-5-6-12-11-3-1-2-4-13(11)16-14(12)9-10;14-8-5-6-10-9-3-1-2-4-11(9)13-12(10)7-8;1-3-2;1-2;/h1-11,14,22-23H,12-13,15H2;1-6,9,16H,7-8H2;1-7,13-14H;;;1H/q;;;-1;;. The van der Waals surface area contributed by atoms with Gasteiger partial charge in [0.05, 0.1) is 23.2 Å². The summed E-state index contributed by atoms with van der Waals surface area (Å²) in [7, 11) is 0. The topological polar surface area (TPSA) is 98.1 Å². The number of hydrogen-bond acceptors (Lipinski definition) is 4. The molecule has 0 unspecified atom stereocenters. The second-order valence-electron chi connectivity index (χ2n) is 13.3. The molecule has 61 heavy (non-hydrogen) atoms. The number of alkyl halides is 1. The molecule has 0 spiro atoms. The normalized spacial score (nSPS) is 10.5. The summed E-state index contributed by atoms with van der Waals surface area (Å²) in [6.45, 7) is 3.02. The van der Waals surface area contributed by atoms with Crippen LogP contribution in [0, 0.1) is 0 Å². The molecule has 0 aliphatic heterocycles. The van der Waals surface area contributed by atoms with Crippen molar-refractivity contribution >= 4 is 180 Å². The number of halogens is 7. The molecule has 0 radical (unpaired) electrons. The van der Waals surface area contributed by atoms with Gasteiger partial charge < -0.3 is 34.8 Å². The van der Waals surface area contributed by atoms with E-state index in [0.29, 0.717) is 32.2 Å². The van der Waals surface area contributed by atoms with Crippen LogP contribution in [-0.2, 0) is 6.54 Å². The van der Waals surface area contributed by atoms with Gasteiger partial charge in [-0.1, -0.05) is 101 Å². The van der Waals surface area contributed by atoms with Gasteiger partial charge in [-0.2, -0.15) is 0 Å². The molecular weight excluding hydrogens is 1510 g/mol. The molecule has 5 N–H and O–H groups in total. The maximum Gasteiger partial charge on any atom is 0.121 e. The molecule has 318 valence electrons. The van der Waals surface area contributed by atoms with Crippen LogP contribution in [0.25, 0.3) is 65.4 Å². The van der Waals surface area contributed by atoms with Crippen LogP contribution in [0.1, 0.15) is 5.56 Å². The Balaban J connectivity index is 0.000000168. The fourth-order valence-corrected chi connectivity index (χ4v) is 7.08. The Morgan fingerprint density at radius 3 is 1.38 bits per heavy atom. The Kier molecular flexibility index (Phi) is 22.1. The molecule has 3 aromatic heterocycles. The molecule has 7 nitrogen and oxygen atoms in total. The first kappa shape index (κ1) is 50.2. The smallest absolute Gasteiger partial charge is 0.121 e. The number of nitrogens with one attached hydrogen (secondary N) is 4. The molecule has 0 aliphatic rings. The van der Waals surface area contributed by atoms with Crippen LogP contribution in [0.5, 0.6) is 17.2 Å². The number of aromatic hydroxyl groups is 1. The fraction of sp³-hybridized carbons (Fsp3) is 0.106. The summed E-state index contributed by atoms with van der Waals surface area (Å²) in [6.07, 6.45) is 0. The molecule has 0 saturated heterocycles. The van der Waals surface area contributed by atoms with Crippen molar-refractivity contribution in [2.45, 2.75) is 6.54 Å². The van der Waals surface area contributed by atoms with Crippen molar-refractivity contribution in [2.75, 3.05) is 25.1 Å². The summed E-state index contributed by atoms with van der Waals surface area (Å²) >= 11 is 12.9. The molecule has 14 heteroatoms. The van der Waals surface area contributed by atoms with E-state index in [0.717, 1.165) is 62.9 Å². The van der Waals surface area contributed by atoms with Crippen molar-refractivity contribution in [2.24, 2.45) is 0 Å². The predicted octanol–water partition coefficient (Wildman–Crippen LogP) is 12.8. The first-order chi connectivity index (χ1) is 29.5. The molecule has 3 heterocycles. The van der Waals surface area contributed by atoms with Crippen molar-refractivity contribution in [3.8, 4) is 17.2 Å². The third-order valence-electron chi connectivity index (χ3n) is 9.51. The first-order valence-electron chi connectivity index (χ1n) is 18.8. The van der Waals surface area contributed by atoms with E-state index < -0.39 is 0 Å². The van der Waals surface area contributed by atoms with Crippen LogP contribution < -0.4 is 28.0 Å². The molecule has 0 aliphatic carbocycles. The van der Waals surface area contributed by atoms with Crippen LogP contribution >= 0.6 is 114 Å². The molecule has 0 bridgehead atoms. The minimum atomic E-state index is 0. The third-order valence-corrected chi connectivity index (χ3v) is 9.83. The number of phenols is 1. The monoisotopic (exact) mass is 1550 g/mol. The van der Waals surface area contributed by atoms with E-state index in [9.17, 15) is 5.11 Å². The molecule has 0 atom stereocenters. The minimum absolute atomic E-state index is 0. The van der Waals surface area contributed by atoms with Gasteiger partial charge in [-0.15, -0.1) is 24.0 Å². The molecule has 10 rings (SSSR count). The number of para-hydroxylation sites is 3. The molecule has 0 saturated carbocycles. The quantitative estimate of drug-likeness (QED) is 0.0565. The van der Waals surface area contributed by atoms with Crippen molar-refractivity contribution in [1.82, 2.24) is 20.3 Å². The Bertz CT molecular complexity index is 2870. The van der Waals surface area contributed by atoms with Gasteiger partial charge in [0.2, 0.25) is 0 Å². The number of H-pyrrole nitrogens is 3. The van der Waals surface area contributed by atoms with Crippen LogP contribution in [0.2, 0.25) is 0 Å². The number of aromatic nitrogens is 3. The fourth-order valence-electron chi connectivity index (χ4n) is 6.92. The number of rotatable bonds is 9. The largest absolute Gasteiger partial charge is 0.508 e. The van der Waals surface area contributed by atoms with E-state index in [1.807, 2.05) is 54.6 Å². The summed E-state index contributed by atoms with van der Waals surface area (Å²) in [5.41, 5.74) is 7.94. The van der Waals surface area contributed by atoms with Crippen molar-refractivity contribution in [3.05, 3.63) is 163 Å². The van der Waals surface area contributed by atoms with Gasteiger partial charge in [0.25, 0.3) is 0 Å². The Hall–Kier alpha value is -1.84. The van der Waals surface area contributed by atoms with Crippen LogP contribution in [-0.4, -0.2) is 45.1 Å². The second-order valence-corrected chi connectivity index (χ2v) is 30.3. The average molecular weight is 1550 g/mol. The molecule has 0 amide bonds. The zero-order chi connectivity index (χ0) is 42.1. The van der Waals surface area contributed by atoms with Gasteiger partial charge >= 0.3 is 50.5 Å². The van der Waals surface area contributed by atoms with Crippen LogP contribution in [0.15, 0.2) is 158 Å². The SMILES string of the molecule is BrCCOc1ccc2c(c1)[nH]c1ccccc12.I.II.I[I-]I.Oc1ccc2c(c1)[nH]c1ccccc12.c1ccc(CNCCOc2ccc3c(c2)[nH]c2ccccc23)cc1. The Morgan fingerprint density at radius 2 is 0.902 bits per heavy atom. The van der Waals surface area contributed by atoms with Crippen molar-refractivity contribution < 1.29 is 27.8 Å². The van der Waals surface area contributed by atoms with E-state index in [2.05, 4.69) is 202 Å². The number of aromatic amines is 3. The van der Waals surface area contributed by atoms with Crippen molar-refractivity contribution in [1.29, 1.82) is 0 Å². The van der Waals surface area contributed by atoms with E-state index in [-0.39, 0.29) is 24.0 Å². The van der Waals surface area contributed by atoms with Gasteiger partial charge in [-0.25, -0.2) is 0 Å². The third kappa shape index (κ3) is 14.1. The first-order valence-corrected chi connectivity index (χ1v) is 38.8. The number of benzene rings is 7. The van der Waals surface area contributed by atoms with Crippen molar-refractivity contribution in [3.63, 3.8) is 0 Å². The number of fused-ring (bicyclic) bond motifs is 9. The zero-order valence-electron chi connectivity index (χ0n) is 32.5. The maximum absolute atomic E-state index is 9.34. The number of phenolic OH excluding ortho intramolecular Hbond substituents is 1.